The summed E-state index contributed by atoms with van der Waals surface area (Å²) in [6, 6.07) is 12.3. The van der Waals surface area contributed by atoms with E-state index in [9.17, 15) is 36.8 Å². The second-order valence-corrected chi connectivity index (χ2v) is 13.7. The first-order valence-electron chi connectivity index (χ1n) is 13.9. The normalized spacial score (nSPS) is 17.6. The number of nitrogens with one attached hydrogen (secondary N) is 1. The van der Waals surface area contributed by atoms with Gasteiger partial charge in [0.25, 0.3) is 5.91 Å². The zero-order valence-electron chi connectivity index (χ0n) is 24.1. The van der Waals surface area contributed by atoms with Crippen molar-refractivity contribution in [3.05, 3.63) is 59.4 Å². The van der Waals surface area contributed by atoms with Crippen molar-refractivity contribution < 1.29 is 31.5 Å². The van der Waals surface area contributed by atoms with E-state index in [1.165, 1.54) is 34.7 Å². The average molecular weight is 671 g/mol. The zero-order valence-corrected chi connectivity index (χ0v) is 25.7. The molecule has 17 heteroatoms. The number of imidazole rings is 1. The van der Waals surface area contributed by atoms with Gasteiger partial charge in [0.2, 0.25) is 20.6 Å². The van der Waals surface area contributed by atoms with Crippen LogP contribution in [0, 0.1) is 23.2 Å². The van der Waals surface area contributed by atoms with Gasteiger partial charge < -0.3 is 14.9 Å². The number of carbonyl (C=O) groups is 1. The number of pyridine rings is 1. The van der Waals surface area contributed by atoms with Crippen LogP contribution >= 0.6 is 11.3 Å². The molecule has 1 saturated carbocycles. The number of hydrogen-bond donors (Lipinski definition) is 2. The van der Waals surface area contributed by atoms with E-state index in [1.807, 2.05) is 17.0 Å². The molecule has 1 unspecified atom stereocenters. The van der Waals surface area contributed by atoms with Crippen molar-refractivity contribution in [3.8, 4) is 28.7 Å². The number of hydrogen-bond acceptors (Lipinski definition) is 10. The highest BCUT2D eigenvalue weighted by atomic mass is 32.2. The molecule has 2 aliphatic rings. The number of nitriles is 1. The van der Waals surface area contributed by atoms with Crippen molar-refractivity contribution in [2.45, 2.75) is 42.0 Å². The summed E-state index contributed by atoms with van der Waals surface area (Å²) in [5, 5.41) is 25.8. The van der Waals surface area contributed by atoms with E-state index < -0.39 is 38.3 Å². The summed E-state index contributed by atoms with van der Waals surface area (Å²) in [6.45, 7) is 2.09. The van der Waals surface area contributed by atoms with Crippen molar-refractivity contribution in [2.75, 3.05) is 31.1 Å². The monoisotopic (exact) mass is 670 g/mol. The topological polar surface area (TPSA) is 157 Å². The fourth-order valence-corrected chi connectivity index (χ4v) is 7.04. The standard InChI is InChI=1S/C29H25F3N8O4S2/c1-27(42,8-7-19-5-3-2-4-6-19)26(41)39-13-11-38(12-14-39)21-15-20(46(43,44)37-28(18-33)9-10-28)17-40-22(21)16-34-23(40)24-35-36-25(45-24)29(30,31)32/h2-6,15-17,37,42H,9-14H2,1H3. The van der Waals surface area contributed by atoms with Crippen molar-refractivity contribution in [1.29, 1.82) is 5.26 Å². The molecule has 6 rings (SSSR count). The van der Waals surface area contributed by atoms with Gasteiger partial charge >= 0.3 is 6.18 Å². The third-order valence-electron chi connectivity index (χ3n) is 7.61. The number of amides is 1. The van der Waals surface area contributed by atoms with E-state index in [0.717, 1.165) is 0 Å². The predicted molar refractivity (Wildman–Crippen MR) is 160 cm³/mol. The summed E-state index contributed by atoms with van der Waals surface area (Å²) in [6.07, 6.45) is -1.43. The summed E-state index contributed by atoms with van der Waals surface area (Å²) in [4.78, 5) is 20.5. The van der Waals surface area contributed by atoms with Crippen LogP contribution < -0.4 is 9.62 Å². The number of nitrogens with zero attached hydrogens (tertiary/aromatic N) is 7. The molecule has 3 aromatic heterocycles. The minimum Gasteiger partial charge on any atom is -0.370 e. The van der Waals surface area contributed by atoms with Crippen LogP contribution in [0.1, 0.15) is 30.3 Å². The molecule has 1 aliphatic carbocycles. The molecule has 4 heterocycles. The smallest absolute Gasteiger partial charge is 0.370 e. The Bertz CT molecular complexity index is 2030. The number of rotatable bonds is 6. The van der Waals surface area contributed by atoms with Crippen LogP contribution in [0.3, 0.4) is 0 Å². The lowest BCUT2D eigenvalue weighted by molar-refractivity contribution is -0.144. The minimum atomic E-state index is -4.72. The Labute approximate surface area is 265 Å². The molecule has 2 fully saturated rings. The minimum absolute atomic E-state index is 0.0513. The van der Waals surface area contributed by atoms with Crippen molar-refractivity contribution >= 4 is 38.5 Å². The van der Waals surface area contributed by atoms with Crippen molar-refractivity contribution in [2.24, 2.45) is 0 Å². The van der Waals surface area contributed by atoms with Gasteiger partial charge in [0, 0.05) is 37.9 Å². The first-order chi connectivity index (χ1) is 21.7. The summed E-state index contributed by atoms with van der Waals surface area (Å²) >= 11 is 0.268. The third kappa shape index (κ3) is 6.14. The highest BCUT2D eigenvalue weighted by molar-refractivity contribution is 7.89. The second-order valence-electron chi connectivity index (χ2n) is 11.1. The SMILES string of the molecule is CC(O)(C#Cc1ccccc1)C(=O)N1CCN(c2cc(S(=O)(=O)NC3(C#N)CC3)cn3c(-c4nnc(C(F)(F)F)s4)ncc23)CC1. The van der Waals surface area contributed by atoms with Crippen molar-refractivity contribution in [3.63, 3.8) is 0 Å². The number of piperazine rings is 1. The number of sulfonamides is 1. The number of halogens is 3. The van der Waals surface area contributed by atoms with Gasteiger partial charge in [-0.2, -0.15) is 23.2 Å². The number of carbonyl (C=O) groups excluding carboxylic acids is 1. The molecule has 1 aliphatic heterocycles. The lowest BCUT2D eigenvalue weighted by Gasteiger charge is -2.38. The second kappa shape index (κ2) is 11.4. The Kier molecular flexibility index (Phi) is 7.76. The molecule has 0 radical (unpaired) electrons. The number of aromatic nitrogens is 4. The van der Waals surface area contributed by atoms with Crippen LogP contribution in [-0.2, 0) is 21.0 Å². The molecular weight excluding hydrogens is 645 g/mol. The Morgan fingerprint density at radius 1 is 1.13 bits per heavy atom. The summed E-state index contributed by atoms with van der Waals surface area (Å²) in [7, 11) is -4.26. The molecule has 1 amide bonds. The fraction of sp³-hybridized carbons (Fsp3) is 0.345. The maximum Gasteiger partial charge on any atom is 0.445 e. The quantitative estimate of drug-likeness (QED) is 0.295. The zero-order chi connectivity index (χ0) is 32.9. The van der Waals surface area contributed by atoms with E-state index in [-0.39, 0.29) is 53.2 Å². The van der Waals surface area contributed by atoms with Crippen LogP contribution in [0.4, 0.5) is 18.9 Å². The van der Waals surface area contributed by atoms with E-state index in [4.69, 9.17) is 0 Å². The highest BCUT2D eigenvalue weighted by Crippen LogP contribution is 2.38. The van der Waals surface area contributed by atoms with Crippen LogP contribution in [0.5, 0.6) is 0 Å². The lowest BCUT2D eigenvalue weighted by Crippen LogP contribution is -2.54. The number of fused-ring (bicyclic) bond motifs is 1. The van der Waals surface area contributed by atoms with Gasteiger partial charge in [-0.15, -0.1) is 10.2 Å². The maximum atomic E-state index is 13.5. The van der Waals surface area contributed by atoms with E-state index in [0.29, 0.717) is 29.6 Å². The molecule has 1 atom stereocenters. The molecule has 1 saturated heterocycles. The summed E-state index contributed by atoms with van der Waals surface area (Å²) in [5.74, 6) is 4.80. The first kappa shape index (κ1) is 31.4. The fourth-order valence-electron chi connectivity index (χ4n) is 4.95. The van der Waals surface area contributed by atoms with Gasteiger partial charge in [0.05, 0.1) is 23.5 Å². The van der Waals surface area contributed by atoms with E-state index >= 15 is 0 Å². The first-order valence-corrected chi connectivity index (χ1v) is 16.2. The Balaban J connectivity index is 1.31. The van der Waals surface area contributed by atoms with Gasteiger partial charge in [-0.05, 0) is 38.0 Å². The van der Waals surface area contributed by atoms with Gasteiger partial charge in [-0.3, -0.25) is 9.20 Å². The highest BCUT2D eigenvalue weighted by Gasteiger charge is 2.47. The number of aliphatic hydroxyl groups is 1. The molecule has 12 nitrogen and oxygen atoms in total. The Morgan fingerprint density at radius 3 is 2.43 bits per heavy atom. The number of anilines is 1. The van der Waals surface area contributed by atoms with Crippen molar-refractivity contribution in [1.82, 2.24) is 29.2 Å². The number of alkyl halides is 3. The Morgan fingerprint density at radius 2 is 1.83 bits per heavy atom. The van der Waals surface area contributed by atoms with Crippen LogP contribution in [0.25, 0.3) is 16.3 Å². The molecule has 1 aromatic carbocycles. The summed E-state index contributed by atoms with van der Waals surface area (Å²) in [5.41, 5.74) is -1.79. The van der Waals surface area contributed by atoms with Gasteiger partial charge in [0.15, 0.2) is 10.8 Å². The van der Waals surface area contributed by atoms with Gasteiger partial charge in [-0.1, -0.05) is 41.4 Å². The maximum absolute atomic E-state index is 13.5. The van der Waals surface area contributed by atoms with Gasteiger partial charge in [-0.25, -0.2) is 13.4 Å². The molecule has 2 N–H and O–H groups in total. The van der Waals surface area contributed by atoms with Crippen LogP contribution in [0.2, 0.25) is 0 Å². The average Bonchev–Trinajstić information content (AvgIpc) is 3.39. The van der Waals surface area contributed by atoms with Crippen LogP contribution in [-0.4, -0.2) is 81.2 Å². The molecule has 0 spiro atoms. The van der Waals surface area contributed by atoms with E-state index in [2.05, 4.69) is 31.7 Å². The third-order valence-corrected chi connectivity index (χ3v) is 10.1. The lowest BCUT2D eigenvalue weighted by atomic mass is 10.0. The van der Waals surface area contributed by atoms with Crippen LogP contribution in [0.15, 0.2) is 53.7 Å². The Hall–Kier alpha value is -4.55. The molecule has 0 bridgehead atoms. The molecule has 238 valence electrons. The predicted octanol–water partition coefficient (Wildman–Crippen LogP) is 2.66. The number of benzene rings is 1. The van der Waals surface area contributed by atoms with E-state index in [1.54, 1.807) is 24.3 Å². The molecular formula is C29H25F3N8O4S2. The van der Waals surface area contributed by atoms with Gasteiger partial charge in [0.1, 0.15) is 10.4 Å². The molecule has 4 aromatic rings. The summed E-state index contributed by atoms with van der Waals surface area (Å²) < 4.78 is 70.5. The largest absolute Gasteiger partial charge is 0.445 e. The molecule has 46 heavy (non-hydrogen) atoms.